The Balaban J connectivity index is -0.00000144. The summed E-state index contributed by atoms with van der Waals surface area (Å²) in [5.41, 5.74) is 0. The average molecular weight is 314 g/mol. The van der Waals surface area contributed by atoms with E-state index in [1.54, 1.807) is 0 Å². The molecular formula is C13H35N2O4P. The van der Waals surface area contributed by atoms with Gasteiger partial charge in [-0.3, -0.25) is 0 Å². The zero-order chi connectivity index (χ0) is 13.7. The van der Waals surface area contributed by atoms with Crippen molar-refractivity contribution in [2.24, 2.45) is 0 Å². The number of phosphoric acid groups is 1. The predicted molar refractivity (Wildman–Crippen MR) is 82.0 cm³/mol. The van der Waals surface area contributed by atoms with E-state index in [0.29, 0.717) is 6.42 Å². The van der Waals surface area contributed by atoms with Crippen molar-refractivity contribution < 1.29 is 18.9 Å². The Bertz CT molecular complexity index is 224. The first-order chi connectivity index (χ1) is 8.56. The highest BCUT2D eigenvalue weighted by Crippen LogP contribution is 2.24. The van der Waals surface area contributed by atoms with Gasteiger partial charge in [-0.25, -0.2) is 0 Å². The average Bonchev–Trinajstić information content (AvgIpc) is 2.29. The third kappa shape index (κ3) is 23.1. The molecule has 0 saturated carbocycles. The van der Waals surface area contributed by atoms with Gasteiger partial charge in [0.25, 0.3) is 0 Å². The Morgan fingerprint density at radius 3 is 1.45 bits per heavy atom. The van der Waals surface area contributed by atoms with E-state index in [0.717, 1.165) is 12.8 Å². The fourth-order valence-corrected chi connectivity index (χ4v) is 2.30. The Hall–Kier alpha value is 0.0300. The van der Waals surface area contributed by atoms with Crippen LogP contribution in [0, 0.1) is 0 Å². The fraction of sp³-hybridized carbons (Fsp3) is 1.00. The van der Waals surface area contributed by atoms with Crippen molar-refractivity contribution in [3.63, 3.8) is 0 Å². The molecule has 8 N–H and O–H groups in total. The lowest BCUT2D eigenvalue weighted by Crippen LogP contribution is -2.16. The summed E-state index contributed by atoms with van der Waals surface area (Å²) in [6.45, 7) is 2.27. The van der Waals surface area contributed by atoms with Gasteiger partial charge in [0.05, 0.1) is 14.4 Å². The Kier molecular flexibility index (Phi) is 21.4. The minimum atomic E-state index is -4.75. The monoisotopic (exact) mass is 314 g/mol. The van der Waals surface area contributed by atoms with E-state index < -0.39 is 7.82 Å². The SMILES string of the molecule is CCCCCCCCCCCCCOP(=O)([O-])[O-].[NH4+].[NH4+]. The molecule has 0 unspecified atom stereocenters. The van der Waals surface area contributed by atoms with Crippen LogP contribution in [-0.4, -0.2) is 6.61 Å². The van der Waals surface area contributed by atoms with Crippen LogP contribution < -0.4 is 22.1 Å². The van der Waals surface area contributed by atoms with Crippen LogP contribution in [0.15, 0.2) is 0 Å². The molecule has 0 rings (SSSR count). The summed E-state index contributed by atoms with van der Waals surface area (Å²) in [5.74, 6) is 0. The van der Waals surface area contributed by atoms with E-state index >= 15 is 0 Å². The molecule has 7 heteroatoms. The highest BCUT2D eigenvalue weighted by Gasteiger charge is 1.94. The lowest BCUT2D eigenvalue weighted by molar-refractivity contribution is -0.341. The summed E-state index contributed by atoms with van der Waals surface area (Å²) in [4.78, 5) is 20.3. The molecule has 6 nitrogen and oxygen atoms in total. The van der Waals surface area contributed by atoms with Gasteiger partial charge in [0.2, 0.25) is 0 Å². The molecule has 0 aliphatic carbocycles. The maximum atomic E-state index is 10.2. The lowest BCUT2D eigenvalue weighted by atomic mass is 10.1. The molecule has 0 spiro atoms. The van der Waals surface area contributed by atoms with Gasteiger partial charge in [0, 0.05) is 0 Å². The molecule has 0 heterocycles. The smallest absolute Gasteiger partial charge is 0.0596 e. The van der Waals surface area contributed by atoms with Crippen LogP contribution in [-0.2, 0) is 9.09 Å². The number of hydrogen-bond donors (Lipinski definition) is 2. The van der Waals surface area contributed by atoms with Gasteiger partial charge in [-0.15, -0.1) is 0 Å². The van der Waals surface area contributed by atoms with Gasteiger partial charge in [-0.1, -0.05) is 71.1 Å². The molecule has 0 aromatic heterocycles. The van der Waals surface area contributed by atoms with Crippen molar-refractivity contribution in [3.8, 4) is 0 Å². The van der Waals surface area contributed by atoms with Crippen molar-refractivity contribution in [2.75, 3.05) is 6.61 Å². The first-order valence-electron chi connectivity index (χ1n) is 7.23. The molecule has 0 amide bonds. The minimum absolute atomic E-state index is 0. The summed E-state index contributed by atoms with van der Waals surface area (Å²) in [5, 5.41) is 0. The summed E-state index contributed by atoms with van der Waals surface area (Å²) >= 11 is 0. The van der Waals surface area contributed by atoms with Gasteiger partial charge in [-0.2, -0.15) is 0 Å². The highest BCUT2D eigenvalue weighted by molar-refractivity contribution is 7.43. The fourth-order valence-electron chi connectivity index (χ4n) is 1.94. The van der Waals surface area contributed by atoms with Gasteiger partial charge in [-0.05, 0) is 6.42 Å². The third-order valence-corrected chi connectivity index (χ3v) is 3.50. The second-order valence-electron chi connectivity index (χ2n) is 4.82. The minimum Gasteiger partial charge on any atom is -0.790 e. The van der Waals surface area contributed by atoms with Gasteiger partial charge in [0.1, 0.15) is 0 Å². The molecule has 0 aromatic rings. The van der Waals surface area contributed by atoms with Crippen molar-refractivity contribution in [3.05, 3.63) is 0 Å². The van der Waals surface area contributed by atoms with E-state index in [9.17, 15) is 14.4 Å². The first-order valence-corrected chi connectivity index (χ1v) is 8.69. The summed E-state index contributed by atoms with van der Waals surface area (Å²) in [6, 6.07) is 0. The Morgan fingerprint density at radius 1 is 0.750 bits per heavy atom. The zero-order valence-corrected chi connectivity index (χ0v) is 14.5. The molecule has 0 atom stereocenters. The highest BCUT2D eigenvalue weighted by atomic mass is 31.2. The van der Waals surface area contributed by atoms with Gasteiger partial charge >= 0.3 is 0 Å². The zero-order valence-electron chi connectivity index (χ0n) is 13.6. The van der Waals surface area contributed by atoms with Gasteiger partial charge < -0.3 is 31.2 Å². The van der Waals surface area contributed by atoms with Crippen molar-refractivity contribution >= 4 is 7.82 Å². The van der Waals surface area contributed by atoms with Crippen LogP contribution in [0.5, 0.6) is 0 Å². The molecule has 0 aliphatic rings. The molecule has 126 valence electrons. The standard InChI is InChI=1S/C13H29O4P.2H3N/c1-2-3-4-5-6-7-8-9-10-11-12-13-17-18(14,15)16;;/h2-13H2,1H3,(H2,14,15,16);2*1H3. The molecule has 0 aliphatic heterocycles. The van der Waals surface area contributed by atoms with Crippen molar-refractivity contribution in [1.29, 1.82) is 0 Å². The quantitative estimate of drug-likeness (QED) is 0.392. The first kappa shape index (κ1) is 25.0. The van der Waals surface area contributed by atoms with Crippen molar-refractivity contribution in [2.45, 2.75) is 77.6 Å². The molecular weight excluding hydrogens is 279 g/mol. The maximum absolute atomic E-state index is 10.2. The van der Waals surface area contributed by atoms with Crippen LogP contribution in [0.2, 0.25) is 0 Å². The second-order valence-corrected chi connectivity index (χ2v) is 5.97. The molecule has 0 radical (unpaired) electrons. The number of quaternary nitrogens is 2. The molecule has 0 bridgehead atoms. The van der Waals surface area contributed by atoms with Crippen LogP contribution in [0.4, 0.5) is 0 Å². The van der Waals surface area contributed by atoms with E-state index in [1.807, 2.05) is 0 Å². The third-order valence-electron chi connectivity index (χ3n) is 3.00. The molecule has 0 aromatic carbocycles. The summed E-state index contributed by atoms with van der Waals surface area (Å²) in [7, 11) is -4.75. The second kappa shape index (κ2) is 17.1. The number of hydrogen-bond acceptors (Lipinski definition) is 4. The Morgan fingerprint density at radius 2 is 1.10 bits per heavy atom. The number of unbranched alkanes of at least 4 members (excludes halogenated alkanes) is 10. The molecule has 0 fully saturated rings. The van der Waals surface area contributed by atoms with Gasteiger partial charge in [0.15, 0.2) is 0 Å². The maximum Gasteiger partial charge on any atom is 0.0596 e. The van der Waals surface area contributed by atoms with E-state index in [4.69, 9.17) is 0 Å². The summed E-state index contributed by atoms with van der Waals surface area (Å²) in [6.07, 6.45) is 13.1. The van der Waals surface area contributed by atoms with Crippen molar-refractivity contribution in [1.82, 2.24) is 12.3 Å². The van der Waals surface area contributed by atoms with Crippen LogP contribution in [0.25, 0.3) is 0 Å². The largest absolute Gasteiger partial charge is 0.790 e. The van der Waals surface area contributed by atoms with Crippen LogP contribution in [0.1, 0.15) is 77.6 Å². The lowest BCUT2D eigenvalue weighted by Gasteiger charge is -2.28. The number of rotatable bonds is 13. The van der Waals surface area contributed by atoms with E-state index in [1.165, 1.54) is 51.4 Å². The predicted octanol–water partition coefficient (Wildman–Crippen LogP) is 3.90. The van der Waals surface area contributed by atoms with Crippen LogP contribution >= 0.6 is 7.82 Å². The topological polar surface area (TPSA) is 145 Å². The van der Waals surface area contributed by atoms with Crippen LogP contribution in [0.3, 0.4) is 0 Å². The van der Waals surface area contributed by atoms with E-state index in [2.05, 4.69) is 11.4 Å². The summed E-state index contributed by atoms with van der Waals surface area (Å²) < 4.78 is 14.3. The Labute approximate surface area is 124 Å². The number of phosphoric ester groups is 1. The van der Waals surface area contributed by atoms with E-state index in [-0.39, 0.29) is 18.9 Å². The molecule has 20 heavy (non-hydrogen) atoms. The molecule has 0 saturated heterocycles. The normalized spacial score (nSPS) is 10.8.